The summed E-state index contributed by atoms with van der Waals surface area (Å²) >= 11 is 0. The second kappa shape index (κ2) is 5.32. The number of tetrazole rings is 1. The van der Waals surface area contributed by atoms with Crippen molar-refractivity contribution in [1.29, 1.82) is 0 Å². The Labute approximate surface area is 119 Å². The highest BCUT2D eigenvalue weighted by molar-refractivity contribution is 5.30. The first-order valence-electron chi connectivity index (χ1n) is 7.25. The van der Waals surface area contributed by atoms with Crippen LogP contribution in [-0.2, 0) is 6.42 Å². The smallest absolute Gasteiger partial charge is 0.157 e. The van der Waals surface area contributed by atoms with Gasteiger partial charge in [0.25, 0.3) is 0 Å². The summed E-state index contributed by atoms with van der Waals surface area (Å²) in [5.74, 6) is 0.958. The first-order chi connectivity index (χ1) is 9.69. The first-order valence-corrected chi connectivity index (χ1v) is 7.25. The second-order valence-electron chi connectivity index (χ2n) is 6.05. The number of rotatable bonds is 6. The lowest BCUT2D eigenvalue weighted by molar-refractivity contribution is 0.419. The number of nitrogens with zero attached hydrogens (tertiary/aromatic N) is 4. The van der Waals surface area contributed by atoms with E-state index in [0.29, 0.717) is 11.5 Å². The van der Waals surface area contributed by atoms with Crippen LogP contribution in [0.5, 0.6) is 0 Å². The second-order valence-corrected chi connectivity index (χ2v) is 6.05. The van der Waals surface area contributed by atoms with E-state index in [4.69, 9.17) is 0 Å². The minimum atomic E-state index is 0.353. The molecule has 1 heterocycles. The molecule has 106 valence electrons. The van der Waals surface area contributed by atoms with Crippen molar-refractivity contribution in [2.24, 2.45) is 5.41 Å². The van der Waals surface area contributed by atoms with E-state index in [0.717, 1.165) is 24.5 Å². The molecule has 0 bridgehead atoms. The highest BCUT2D eigenvalue weighted by atomic mass is 15.5. The quantitative estimate of drug-likeness (QED) is 0.873. The number of hydrogen-bond acceptors (Lipinski definition) is 4. The van der Waals surface area contributed by atoms with Crippen molar-refractivity contribution < 1.29 is 0 Å². The summed E-state index contributed by atoms with van der Waals surface area (Å²) in [6.45, 7) is 5.42. The fourth-order valence-electron chi connectivity index (χ4n) is 2.43. The van der Waals surface area contributed by atoms with Gasteiger partial charge in [-0.15, -0.1) is 5.10 Å². The van der Waals surface area contributed by atoms with Crippen LogP contribution in [0, 0.1) is 5.41 Å². The van der Waals surface area contributed by atoms with Gasteiger partial charge in [-0.1, -0.05) is 32.0 Å². The molecule has 1 N–H and O–H groups in total. The molecule has 0 saturated heterocycles. The van der Waals surface area contributed by atoms with Gasteiger partial charge in [0, 0.05) is 19.0 Å². The fraction of sp³-hybridized carbons (Fsp3) is 0.533. The molecule has 0 amide bonds. The average Bonchev–Trinajstić information content (AvgIpc) is 3.06. The minimum Gasteiger partial charge on any atom is -0.314 e. The molecule has 0 unspecified atom stereocenters. The van der Waals surface area contributed by atoms with Crippen LogP contribution in [0.4, 0.5) is 0 Å². The van der Waals surface area contributed by atoms with Gasteiger partial charge in [-0.25, -0.2) is 0 Å². The molecule has 1 aliphatic rings. The van der Waals surface area contributed by atoms with Gasteiger partial charge in [0.15, 0.2) is 5.82 Å². The van der Waals surface area contributed by atoms with Crippen LogP contribution >= 0.6 is 0 Å². The van der Waals surface area contributed by atoms with Crippen LogP contribution in [0.2, 0.25) is 0 Å². The van der Waals surface area contributed by atoms with Crippen molar-refractivity contribution in [3.05, 3.63) is 36.2 Å². The lowest BCUT2D eigenvalue weighted by Crippen LogP contribution is -2.31. The van der Waals surface area contributed by atoms with Crippen molar-refractivity contribution in [1.82, 2.24) is 25.5 Å². The van der Waals surface area contributed by atoms with Crippen LogP contribution in [0.3, 0.4) is 0 Å². The van der Waals surface area contributed by atoms with Crippen LogP contribution in [-0.4, -0.2) is 32.8 Å². The van der Waals surface area contributed by atoms with E-state index < -0.39 is 0 Å². The molecule has 5 nitrogen and oxygen atoms in total. The first kappa shape index (κ1) is 13.2. The molecule has 1 saturated carbocycles. The van der Waals surface area contributed by atoms with Gasteiger partial charge in [0.1, 0.15) is 0 Å². The monoisotopic (exact) mass is 271 g/mol. The van der Waals surface area contributed by atoms with Crippen molar-refractivity contribution in [2.45, 2.75) is 39.2 Å². The molecular formula is C15H21N5. The summed E-state index contributed by atoms with van der Waals surface area (Å²) in [7, 11) is 0. The average molecular weight is 271 g/mol. The summed E-state index contributed by atoms with van der Waals surface area (Å²) in [5.41, 5.74) is 1.38. The molecule has 5 heteroatoms. The Bertz CT molecular complexity index is 557. The molecule has 3 rings (SSSR count). The van der Waals surface area contributed by atoms with Crippen molar-refractivity contribution in [3.63, 3.8) is 0 Å². The van der Waals surface area contributed by atoms with E-state index >= 15 is 0 Å². The van der Waals surface area contributed by atoms with E-state index in [1.807, 2.05) is 35.0 Å². The Hall–Kier alpha value is -1.75. The molecule has 20 heavy (non-hydrogen) atoms. The fourth-order valence-corrected chi connectivity index (χ4v) is 2.43. The van der Waals surface area contributed by atoms with Crippen LogP contribution < -0.4 is 5.32 Å². The minimum absolute atomic E-state index is 0.353. The molecule has 0 radical (unpaired) electrons. The number of nitrogens with one attached hydrogen (secondary N) is 1. The summed E-state index contributed by atoms with van der Waals surface area (Å²) in [5, 5.41) is 15.7. The standard InChI is InChI=1S/C15H21N5/c1-12(2)16-11-15(8-9-15)10-14-17-18-19-20(14)13-6-4-3-5-7-13/h3-7,12,16H,8-11H2,1-2H3. The predicted molar refractivity (Wildman–Crippen MR) is 77.7 cm³/mol. The molecule has 1 aliphatic carbocycles. The molecule has 1 aromatic carbocycles. The number of para-hydroxylation sites is 1. The van der Waals surface area contributed by atoms with E-state index in [1.54, 1.807) is 0 Å². The van der Waals surface area contributed by atoms with Gasteiger partial charge in [-0.2, -0.15) is 4.68 Å². The topological polar surface area (TPSA) is 55.6 Å². The third-order valence-electron chi connectivity index (χ3n) is 3.91. The number of aromatic nitrogens is 4. The maximum atomic E-state index is 4.22. The molecule has 2 aromatic rings. The van der Waals surface area contributed by atoms with Crippen LogP contribution in [0.15, 0.2) is 30.3 Å². The largest absolute Gasteiger partial charge is 0.314 e. The SMILES string of the molecule is CC(C)NCC1(Cc2nnnn2-c2ccccc2)CC1. The maximum Gasteiger partial charge on any atom is 0.157 e. The summed E-state index contributed by atoms with van der Waals surface area (Å²) in [4.78, 5) is 0. The Kier molecular flexibility index (Phi) is 3.53. The van der Waals surface area contributed by atoms with E-state index in [2.05, 4.69) is 34.7 Å². The normalized spacial score (nSPS) is 16.6. The molecule has 1 aromatic heterocycles. The Balaban J connectivity index is 1.75. The van der Waals surface area contributed by atoms with E-state index in [9.17, 15) is 0 Å². The molecule has 0 aliphatic heterocycles. The zero-order valence-electron chi connectivity index (χ0n) is 12.1. The number of hydrogen-bond donors (Lipinski definition) is 1. The van der Waals surface area contributed by atoms with E-state index in [-0.39, 0.29) is 0 Å². The third-order valence-corrected chi connectivity index (χ3v) is 3.91. The van der Waals surface area contributed by atoms with Crippen molar-refractivity contribution in [3.8, 4) is 5.69 Å². The summed E-state index contributed by atoms with van der Waals surface area (Å²) in [6, 6.07) is 10.6. The lowest BCUT2D eigenvalue weighted by atomic mass is 10.0. The van der Waals surface area contributed by atoms with Crippen molar-refractivity contribution >= 4 is 0 Å². The predicted octanol–water partition coefficient (Wildman–Crippen LogP) is 1.98. The number of benzene rings is 1. The highest BCUT2D eigenvalue weighted by Crippen LogP contribution is 2.47. The Morgan fingerprint density at radius 3 is 2.65 bits per heavy atom. The van der Waals surface area contributed by atoms with Gasteiger partial charge in [0.05, 0.1) is 5.69 Å². The van der Waals surface area contributed by atoms with Gasteiger partial charge in [-0.3, -0.25) is 0 Å². The van der Waals surface area contributed by atoms with Gasteiger partial charge < -0.3 is 5.32 Å². The molecule has 1 fully saturated rings. The van der Waals surface area contributed by atoms with E-state index in [1.165, 1.54) is 12.8 Å². The van der Waals surface area contributed by atoms with Gasteiger partial charge >= 0.3 is 0 Å². The lowest BCUT2D eigenvalue weighted by Gasteiger charge is -2.17. The third kappa shape index (κ3) is 2.88. The molecule has 0 spiro atoms. The van der Waals surface area contributed by atoms with Gasteiger partial charge in [-0.05, 0) is 40.8 Å². The summed E-state index contributed by atoms with van der Waals surface area (Å²) in [6.07, 6.45) is 3.46. The zero-order chi connectivity index (χ0) is 14.0. The summed E-state index contributed by atoms with van der Waals surface area (Å²) < 4.78 is 1.86. The van der Waals surface area contributed by atoms with Crippen LogP contribution in [0.1, 0.15) is 32.5 Å². The van der Waals surface area contributed by atoms with Crippen molar-refractivity contribution in [2.75, 3.05) is 6.54 Å². The molecule has 0 atom stereocenters. The van der Waals surface area contributed by atoms with Crippen LogP contribution in [0.25, 0.3) is 5.69 Å². The Morgan fingerprint density at radius 2 is 2.00 bits per heavy atom. The zero-order valence-corrected chi connectivity index (χ0v) is 12.1. The maximum absolute atomic E-state index is 4.22. The van der Waals surface area contributed by atoms with Gasteiger partial charge in [0.2, 0.25) is 0 Å². The molecular weight excluding hydrogens is 250 g/mol. The highest BCUT2D eigenvalue weighted by Gasteiger charge is 2.43. The Morgan fingerprint density at radius 1 is 1.25 bits per heavy atom.